The number of hydrogen-bond acceptors (Lipinski definition) is 4. The number of nitrogens with zero attached hydrogens (tertiary/aromatic N) is 1. The fourth-order valence-corrected chi connectivity index (χ4v) is 2.30. The van der Waals surface area contributed by atoms with Crippen LogP contribution in [0.25, 0.3) is 0 Å². The van der Waals surface area contributed by atoms with E-state index in [9.17, 15) is 4.79 Å². The minimum Gasteiger partial charge on any atom is -0.487 e. The molecule has 0 saturated carbocycles. The fourth-order valence-electron chi connectivity index (χ4n) is 2.30. The van der Waals surface area contributed by atoms with Gasteiger partial charge in [0.1, 0.15) is 23.8 Å². The largest absolute Gasteiger partial charge is 0.487 e. The van der Waals surface area contributed by atoms with Crippen molar-refractivity contribution in [3.8, 4) is 5.75 Å². The maximum absolute atomic E-state index is 11.2. The van der Waals surface area contributed by atoms with Gasteiger partial charge >= 0.3 is 0 Å². The van der Waals surface area contributed by atoms with Crippen LogP contribution in [-0.4, -0.2) is 11.1 Å². The molecule has 0 spiro atoms. The van der Waals surface area contributed by atoms with Gasteiger partial charge in [-0.05, 0) is 31.0 Å². The zero-order valence-electron chi connectivity index (χ0n) is 11.3. The Morgan fingerprint density at radius 1 is 1.40 bits per heavy atom. The third-order valence-corrected chi connectivity index (χ3v) is 3.34. The number of nitrogens with one attached hydrogen (secondary N) is 1. The quantitative estimate of drug-likeness (QED) is 0.928. The fraction of sp³-hybridized carbons (Fsp3) is 0.333. The van der Waals surface area contributed by atoms with Crippen molar-refractivity contribution in [1.29, 1.82) is 0 Å². The zero-order valence-corrected chi connectivity index (χ0v) is 11.3. The Morgan fingerprint density at radius 2 is 2.20 bits per heavy atom. The molecule has 0 aliphatic carbocycles. The summed E-state index contributed by atoms with van der Waals surface area (Å²) in [5.41, 5.74) is 1.88. The Balaban J connectivity index is 1.60. The number of amides is 1. The molecule has 104 valence electrons. The van der Waals surface area contributed by atoms with Crippen molar-refractivity contribution in [1.82, 2.24) is 10.5 Å². The molecule has 1 N–H and O–H groups in total. The van der Waals surface area contributed by atoms with E-state index in [-0.39, 0.29) is 11.9 Å². The monoisotopic (exact) mass is 272 g/mol. The van der Waals surface area contributed by atoms with Gasteiger partial charge < -0.3 is 14.6 Å². The molecule has 5 nitrogen and oxygen atoms in total. The molecule has 2 aromatic rings. The average Bonchev–Trinajstić information content (AvgIpc) is 3.06. The summed E-state index contributed by atoms with van der Waals surface area (Å²) in [4.78, 5) is 11.2. The second-order valence-electron chi connectivity index (χ2n) is 4.95. The molecule has 1 aliphatic rings. The standard InChI is InChI=1S/C15H16N2O3/c1-10-8-12(17-20-10)9-19-13-4-2-11(3-5-13)14-6-7-15(18)16-14/h2-5,8,14H,6-7,9H2,1H3,(H,16,18)/t14-/m0/s1. The third kappa shape index (κ3) is 2.82. The van der Waals surface area contributed by atoms with Gasteiger partial charge in [-0.2, -0.15) is 0 Å². The summed E-state index contributed by atoms with van der Waals surface area (Å²) >= 11 is 0. The van der Waals surface area contributed by atoms with Crippen LogP contribution in [-0.2, 0) is 11.4 Å². The van der Waals surface area contributed by atoms with E-state index in [4.69, 9.17) is 9.26 Å². The van der Waals surface area contributed by atoms with Crippen molar-refractivity contribution < 1.29 is 14.1 Å². The van der Waals surface area contributed by atoms with Crippen LogP contribution >= 0.6 is 0 Å². The van der Waals surface area contributed by atoms with Gasteiger partial charge in [0.2, 0.25) is 5.91 Å². The molecular formula is C15H16N2O3. The van der Waals surface area contributed by atoms with Crippen molar-refractivity contribution in [2.75, 3.05) is 0 Å². The van der Waals surface area contributed by atoms with Gasteiger partial charge in [-0.25, -0.2) is 0 Å². The zero-order chi connectivity index (χ0) is 13.9. The summed E-state index contributed by atoms with van der Waals surface area (Å²) < 4.78 is 10.6. The van der Waals surface area contributed by atoms with Gasteiger partial charge in [0.15, 0.2) is 0 Å². The maximum atomic E-state index is 11.2. The van der Waals surface area contributed by atoms with Crippen LogP contribution in [0.5, 0.6) is 5.75 Å². The van der Waals surface area contributed by atoms with E-state index >= 15 is 0 Å². The lowest BCUT2D eigenvalue weighted by molar-refractivity contribution is -0.119. The number of benzene rings is 1. The molecule has 1 aromatic heterocycles. The molecule has 1 amide bonds. The minimum atomic E-state index is 0.122. The number of aryl methyl sites for hydroxylation is 1. The number of rotatable bonds is 4. The molecule has 5 heteroatoms. The Labute approximate surface area is 116 Å². The second kappa shape index (κ2) is 5.36. The highest BCUT2D eigenvalue weighted by atomic mass is 16.5. The van der Waals surface area contributed by atoms with E-state index in [1.54, 1.807) is 0 Å². The first-order chi connectivity index (χ1) is 9.70. The Hall–Kier alpha value is -2.30. The Morgan fingerprint density at radius 3 is 2.80 bits per heavy atom. The average molecular weight is 272 g/mol. The topological polar surface area (TPSA) is 64.4 Å². The van der Waals surface area contributed by atoms with Crippen LogP contribution in [0.2, 0.25) is 0 Å². The van der Waals surface area contributed by atoms with Crippen molar-refractivity contribution in [3.63, 3.8) is 0 Å². The summed E-state index contributed by atoms with van der Waals surface area (Å²) in [6, 6.07) is 9.77. The SMILES string of the molecule is Cc1cc(COc2ccc([C@@H]3CCC(=O)N3)cc2)no1. The molecule has 1 aromatic carbocycles. The van der Waals surface area contributed by atoms with Crippen LogP contribution in [0.1, 0.15) is 35.9 Å². The molecule has 20 heavy (non-hydrogen) atoms. The smallest absolute Gasteiger partial charge is 0.220 e. The summed E-state index contributed by atoms with van der Waals surface area (Å²) in [5.74, 6) is 1.67. The van der Waals surface area contributed by atoms with E-state index < -0.39 is 0 Å². The van der Waals surface area contributed by atoms with Crippen LogP contribution in [0.4, 0.5) is 0 Å². The second-order valence-corrected chi connectivity index (χ2v) is 4.95. The number of ether oxygens (including phenoxy) is 1. The highest BCUT2D eigenvalue weighted by molar-refractivity contribution is 5.78. The van der Waals surface area contributed by atoms with Crippen molar-refractivity contribution >= 4 is 5.91 Å². The van der Waals surface area contributed by atoms with Gasteiger partial charge in [-0.15, -0.1) is 0 Å². The summed E-state index contributed by atoms with van der Waals surface area (Å²) in [6.07, 6.45) is 1.46. The van der Waals surface area contributed by atoms with Crippen LogP contribution in [0.3, 0.4) is 0 Å². The number of hydrogen-bond donors (Lipinski definition) is 1. The molecule has 0 bridgehead atoms. The molecule has 3 rings (SSSR count). The molecule has 1 aliphatic heterocycles. The normalized spacial score (nSPS) is 18.1. The Bertz CT molecular complexity index is 604. The highest BCUT2D eigenvalue weighted by Gasteiger charge is 2.21. The van der Waals surface area contributed by atoms with Crippen LogP contribution in [0.15, 0.2) is 34.9 Å². The van der Waals surface area contributed by atoms with E-state index in [0.29, 0.717) is 13.0 Å². The van der Waals surface area contributed by atoms with E-state index in [1.165, 1.54) is 0 Å². The third-order valence-electron chi connectivity index (χ3n) is 3.34. The van der Waals surface area contributed by atoms with Gasteiger partial charge in [0.25, 0.3) is 0 Å². The molecule has 1 atom stereocenters. The molecule has 2 heterocycles. The minimum absolute atomic E-state index is 0.122. The highest BCUT2D eigenvalue weighted by Crippen LogP contribution is 2.25. The van der Waals surface area contributed by atoms with Gasteiger partial charge in [-0.3, -0.25) is 4.79 Å². The summed E-state index contributed by atoms with van der Waals surface area (Å²) in [7, 11) is 0. The summed E-state index contributed by atoms with van der Waals surface area (Å²) in [6.45, 7) is 2.23. The first-order valence-corrected chi connectivity index (χ1v) is 6.65. The Kier molecular flexibility index (Phi) is 3.41. The van der Waals surface area contributed by atoms with E-state index in [2.05, 4.69) is 10.5 Å². The molecular weight excluding hydrogens is 256 g/mol. The number of carbonyl (C=O) groups is 1. The lowest BCUT2D eigenvalue weighted by Gasteiger charge is -2.11. The number of carbonyl (C=O) groups excluding carboxylic acids is 1. The lowest BCUT2D eigenvalue weighted by Crippen LogP contribution is -2.18. The predicted octanol–water partition coefficient (Wildman–Crippen LogP) is 2.51. The van der Waals surface area contributed by atoms with Gasteiger partial charge in [0, 0.05) is 12.5 Å². The van der Waals surface area contributed by atoms with Gasteiger partial charge in [0.05, 0.1) is 6.04 Å². The van der Waals surface area contributed by atoms with Crippen LogP contribution < -0.4 is 10.1 Å². The van der Waals surface area contributed by atoms with Crippen molar-refractivity contribution in [3.05, 3.63) is 47.3 Å². The molecule has 1 saturated heterocycles. The van der Waals surface area contributed by atoms with Crippen LogP contribution in [0, 0.1) is 6.92 Å². The molecule has 0 radical (unpaired) electrons. The maximum Gasteiger partial charge on any atom is 0.220 e. The summed E-state index contributed by atoms with van der Waals surface area (Å²) in [5, 5.41) is 6.82. The lowest BCUT2D eigenvalue weighted by atomic mass is 10.1. The number of aromatic nitrogens is 1. The van der Waals surface area contributed by atoms with E-state index in [1.807, 2.05) is 37.3 Å². The first kappa shape index (κ1) is 12.7. The molecule has 1 fully saturated rings. The van der Waals surface area contributed by atoms with Gasteiger partial charge in [-0.1, -0.05) is 17.3 Å². The van der Waals surface area contributed by atoms with Crippen molar-refractivity contribution in [2.24, 2.45) is 0 Å². The van der Waals surface area contributed by atoms with Crippen molar-refractivity contribution in [2.45, 2.75) is 32.4 Å². The molecule has 0 unspecified atom stereocenters. The van der Waals surface area contributed by atoms with E-state index in [0.717, 1.165) is 29.2 Å². The predicted molar refractivity (Wildman–Crippen MR) is 72.1 cm³/mol. The first-order valence-electron chi connectivity index (χ1n) is 6.65.